The lowest BCUT2D eigenvalue weighted by molar-refractivity contribution is 0.395. The quantitative estimate of drug-likeness (QED) is 0.783. The van der Waals surface area contributed by atoms with Crippen molar-refractivity contribution in [3.8, 4) is 22.8 Å². The fourth-order valence-corrected chi connectivity index (χ4v) is 3.17. The van der Waals surface area contributed by atoms with Gasteiger partial charge in [-0.25, -0.2) is 4.98 Å². The molecule has 2 N–H and O–H groups in total. The summed E-state index contributed by atoms with van der Waals surface area (Å²) >= 11 is 0. The number of ether oxygens (including phenoxy) is 2. The first-order valence-electron chi connectivity index (χ1n) is 8.26. The molecule has 4 rings (SSSR count). The smallest absolute Gasteiger partial charge is 0.236 e. The van der Waals surface area contributed by atoms with Crippen molar-refractivity contribution in [1.29, 1.82) is 0 Å². The standard InChI is InChI=1S/C18H21N5O2/c1-24-13-3-4-14(16(9-13)25-2)15-11-23-8-6-17(21-18(23)20-15)22-7-5-12(19)10-22/h3-4,6,8-9,11-12H,5,7,10,19H2,1-2H3. The molecular weight excluding hydrogens is 318 g/mol. The Balaban J connectivity index is 1.72. The molecule has 3 aromatic rings. The molecule has 7 nitrogen and oxygen atoms in total. The number of benzene rings is 1. The zero-order valence-electron chi connectivity index (χ0n) is 14.3. The summed E-state index contributed by atoms with van der Waals surface area (Å²) in [4.78, 5) is 11.6. The average molecular weight is 339 g/mol. The Bertz CT molecular complexity index is 908. The van der Waals surface area contributed by atoms with Crippen molar-refractivity contribution in [3.05, 3.63) is 36.7 Å². The molecule has 7 heteroatoms. The minimum Gasteiger partial charge on any atom is -0.497 e. The van der Waals surface area contributed by atoms with Crippen LogP contribution in [-0.2, 0) is 0 Å². The monoisotopic (exact) mass is 339 g/mol. The fraction of sp³-hybridized carbons (Fsp3) is 0.333. The maximum Gasteiger partial charge on any atom is 0.236 e. The average Bonchev–Trinajstić information content (AvgIpc) is 3.26. The van der Waals surface area contributed by atoms with Crippen LogP contribution in [0.4, 0.5) is 5.82 Å². The van der Waals surface area contributed by atoms with Crippen LogP contribution in [0.25, 0.3) is 17.0 Å². The van der Waals surface area contributed by atoms with Crippen LogP contribution in [0.15, 0.2) is 36.7 Å². The van der Waals surface area contributed by atoms with E-state index in [0.717, 1.165) is 42.3 Å². The highest BCUT2D eigenvalue weighted by molar-refractivity contribution is 5.70. The summed E-state index contributed by atoms with van der Waals surface area (Å²) in [6, 6.07) is 7.91. The van der Waals surface area contributed by atoms with Gasteiger partial charge in [0, 0.05) is 43.2 Å². The number of anilines is 1. The van der Waals surface area contributed by atoms with Gasteiger partial charge >= 0.3 is 0 Å². The zero-order valence-corrected chi connectivity index (χ0v) is 14.3. The molecule has 1 fully saturated rings. The molecule has 0 amide bonds. The van der Waals surface area contributed by atoms with E-state index in [1.165, 1.54) is 0 Å². The molecule has 0 spiro atoms. The summed E-state index contributed by atoms with van der Waals surface area (Å²) in [7, 11) is 3.27. The maximum atomic E-state index is 6.00. The summed E-state index contributed by atoms with van der Waals surface area (Å²) in [6.45, 7) is 1.77. The number of methoxy groups -OCH3 is 2. The van der Waals surface area contributed by atoms with Crippen molar-refractivity contribution in [3.63, 3.8) is 0 Å². The molecule has 1 unspecified atom stereocenters. The van der Waals surface area contributed by atoms with E-state index in [-0.39, 0.29) is 6.04 Å². The summed E-state index contributed by atoms with van der Waals surface area (Å²) in [5, 5.41) is 0. The van der Waals surface area contributed by atoms with Gasteiger partial charge in [0.05, 0.1) is 19.9 Å². The molecular formula is C18H21N5O2. The third-order valence-corrected chi connectivity index (χ3v) is 4.54. The highest BCUT2D eigenvalue weighted by atomic mass is 16.5. The highest BCUT2D eigenvalue weighted by Crippen LogP contribution is 2.32. The van der Waals surface area contributed by atoms with Gasteiger partial charge in [0.15, 0.2) is 0 Å². The Morgan fingerprint density at radius 3 is 2.76 bits per heavy atom. The normalized spacial score (nSPS) is 17.2. The number of fused-ring (bicyclic) bond motifs is 1. The van der Waals surface area contributed by atoms with E-state index in [2.05, 4.69) is 14.9 Å². The Kier molecular flexibility index (Phi) is 3.93. The third-order valence-electron chi connectivity index (χ3n) is 4.54. The van der Waals surface area contributed by atoms with E-state index in [1.807, 2.05) is 41.1 Å². The predicted octanol–water partition coefficient (Wildman–Crippen LogP) is 1.95. The first kappa shape index (κ1) is 15.7. The van der Waals surface area contributed by atoms with Crippen molar-refractivity contribution in [2.45, 2.75) is 12.5 Å². The van der Waals surface area contributed by atoms with E-state index in [9.17, 15) is 0 Å². The summed E-state index contributed by atoms with van der Waals surface area (Å²) in [6.07, 6.45) is 4.93. The molecule has 0 saturated carbocycles. The number of imidazole rings is 1. The van der Waals surface area contributed by atoms with Crippen LogP contribution in [0.2, 0.25) is 0 Å². The minimum absolute atomic E-state index is 0.219. The van der Waals surface area contributed by atoms with Crippen molar-refractivity contribution >= 4 is 11.6 Å². The van der Waals surface area contributed by atoms with Crippen LogP contribution in [-0.4, -0.2) is 47.7 Å². The SMILES string of the molecule is COc1ccc(-c2cn3ccc(N4CCC(N)C4)nc3n2)c(OC)c1. The van der Waals surface area contributed by atoms with Crippen LogP contribution in [0.1, 0.15) is 6.42 Å². The van der Waals surface area contributed by atoms with E-state index in [0.29, 0.717) is 11.5 Å². The fourth-order valence-electron chi connectivity index (χ4n) is 3.17. The minimum atomic E-state index is 0.219. The third kappa shape index (κ3) is 2.87. The molecule has 2 aromatic heterocycles. The molecule has 25 heavy (non-hydrogen) atoms. The second-order valence-corrected chi connectivity index (χ2v) is 6.18. The molecule has 3 heterocycles. The van der Waals surface area contributed by atoms with E-state index >= 15 is 0 Å². The number of rotatable bonds is 4. The Morgan fingerprint density at radius 1 is 1.16 bits per heavy atom. The molecule has 1 atom stereocenters. The van der Waals surface area contributed by atoms with Crippen LogP contribution in [0.5, 0.6) is 11.5 Å². The lowest BCUT2D eigenvalue weighted by Crippen LogP contribution is -2.26. The highest BCUT2D eigenvalue weighted by Gasteiger charge is 2.21. The largest absolute Gasteiger partial charge is 0.497 e. The number of nitrogens with two attached hydrogens (primary N) is 1. The molecule has 0 aliphatic carbocycles. The predicted molar refractivity (Wildman–Crippen MR) is 96.3 cm³/mol. The molecule has 1 aliphatic rings. The number of hydrogen-bond acceptors (Lipinski definition) is 6. The lowest BCUT2D eigenvalue weighted by atomic mass is 10.1. The molecule has 1 aromatic carbocycles. The van der Waals surface area contributed by atoms with Crippen molar-refractivity contribution < 1.29 is 9.47 Å². The molecule has 130 valence electrons. The van der Waals surface area contributed by atoms with Crippen molar-refractivity contribution in [2.75, 3.05) is 32.2 Å². The van der Waals surface area contributed by atoms with Gasteiger partial charge in [-0.2, -0.15) is 4.98 Å². The number of nitrogens with zero attached hydrogens (tertiary/aromatic N) is 4. The van der Waals surface area contributed by atoms with Gasteiger partial charge in [-0.1, -0.05) is 0 Å². The molecule has 0 radical (unpaired) electrons. The first-order valence-corrected chi connectivity index (χ1v) is 8.26. The Labute approximate surface area is 146 Å². The van der Waals surface area contributed by atoms with Gasteiger partial charge in [0.25, 0.3) is 0 Å². The van der Waals surface area contributed by atoms with Crippen LogP contribution in [0, 0.1) is 0 Å². The second kappa shape index (κ2) is 6.25. The van der Waals surface area contributed by atoms with E-state index < -0.39 is 0 Å². The van der Waals surface area contributed by atoms with Gasteiger partial charge in [-0.15, -0.1) is 0 Å². The van der Waals surface area contributed by atoms with Crippen LogP contribution < -0.4 is 20.1 Å². The second-order valence-electron chi connectivity index (χ2n) is 6.18. The van der Waals surface area contributed by atoms with Gasteiger partial charge in [0.2, 0.25) is 5.78 Å². The van der Waals surface area contributed by atoms with Crippen LogP contribution in [0.3, 0.4) is 0 Å². The molecule has 0 bridgehead atoms. The number of hydrogen-bond donors (Lipinski definition) is 1. The van der Waals surface area contributed by atoms with Gasteiger partial charge in [-0.05, 0) is 24.6 Å². The van der Waals surface area contributed by atoms with Gasteiger partial charge in [-0.3, -0.25) is 4.40 Å². The number of aromatic nitrogens is 3. The van der Waals surface area contributed by atoms with E-state index in [4.69, 9.17) is 15.2 Å². The Morgan fingerprint density at radius 2 is 2.04 bits per heavy atom. The maximum absolute atomic E-state index is 6.00. The Hall–Kier alpha value is -2.80. The molecule has 1 aliphatic heterocycles. The van der Waals surface area contributed by atoms with E-state index in [1.54, 1.807) is 14.2 Å². The van der Waals surface area contributed by atoms with Gasteiger partial charge in [0.1, 0.15) is 17.3 Å². The van der Waals surface area contributed by atoms with Gasteiger partial charge < -0.3 is 20.1 Å². The topological polar surface area (TPSA) is 77.9 Å². The first-order chi connectivity index (χ1) is 12.2. The van der Waals surface area contributed by atoms with Crippen molar-refractivity contribution in [2.24, 2.45) is 5.73 Å². The molecule has 1 saturated heterocycles. The summed E-state index contributed by atoms with van der Waals surface area (Å²) in [5.41, 5.74) is 7.71. The summed E-state index contributed by atoms with van der Waals surface area (Å²) < 4.78 is 12.7. The van der Waals surface area contributed by atoms with Crippen LogP contribution >= 0.6 is 0 Å². The lowest BCUT2D eigenvalue weighted by Gasteiger charge is -2.16. The summed E-state index contributed by atoms with van der Waals surface area (Å²) in [5.74, 6) is 3.04. The zero-order chi connectivity index (χ0) is 17.4. The van der Waals surface area contributed by atoms with Crippen molar-refractivity contribution in [1.82, 2.24) is 14.4 Å².